The number of aromatic carboxylic acids is 1. The first kappa shape index (κ1) is 21.9. The molecule has 29 heavy (non-hydrogen) atoms. The molecule has 154 valence electrons. The largest absolute Gasteiger partial charge is 0.478 e. The molecule has 6 nitrogen and oxygen atoms in total. The number of carboxylic acid groups (broad SMARTS) is 1. The average Bonchev–Trinajstić information content (AvgIpc) is 2.71. The summed E-state index contributed by atoms with van der Waals surface area (Å²) in [4.78, 5) is 29.4. The summed E-state index contributed by atoms with van der Waals surface area (Å²) in [5, 5.41) is 13.7. The van der Waals surface area contributed by atoms with Crippen molar-refractivity contribution in [1.82, 2.24) is 15.2 Å². The van der Waals surface area contributed by atoms with Crippen molar-refractivity contribution >= 4 is 46.8 Å². The Hall–Kier alpha value is -1.80. The highest BCUT2D eigenvalue weighted by molar-refractivity contribution is 7.99. The van der Waals surface area contributed by atoms with Crippen LogP contribution in [0.1, 0.15) is 28.8 Å². The summed E-state index contributed by atoms with van der Waals surface area (Å²) in [6.07, 6.45) is 3.08. The smallest absolute Gasteiger partial charge is 0.337 e. The normalized spacial score (nSPS) is 15.2. The molecule has 1 aromatic heterocycles. The summed E-state index contributed by atoms with van der Waals surface area (Å²) in [5.74, 6) is -0.803. The molecular weight excluding hydrogens is 433 g/mol. The third kappa shape index (κ3) is 6.60. The zero-order chi connectivity index (χ0) is 20.8. The molecule has 2 N–H and O–H groups in total. The lowest BCUT2D eigenvalue weighted by Crippen LogP contribution is -2.44. The lowest BCUT2D eigenvalue weighted by molar-refractivity contribution is -0.119. The highest BCUT2D eigenvalue weighted by atomic mass is 35.5. The molecule has 9 heteroatoms. The van der Waals surface area contributed by atoms with Crippen molar-refractivity contribution < 1.29 is 14.7 Å². The van der Waals surface area contributed by atoms with Gasteiger partial charge in [-0.05, 0) is 42.7 Å². The SMILES string of the molecule is O=C(CSc1ccc(C(=O)O)cn1)NC1CCN(Cc2ccc(Cl)c(Cl)c2)CC1. The molecule has 1 aliphatic heterocycles. The third-order valence-corrected chi connectivity index (χ3v) is 6.36. The molecular formula is C20H21Cl2N3O3S. The number of halogens is 2. The van der Waals surface area contributed by atoms with E-state index in [1.807, 2.05) is 18.2 Å². The van der Waals surface area contributed by atoms with E-state index in [0.29, 0.717) is 15.1 Å². The molecule has 1 saturated heterocycles. The van der Waals surface area contributed by atoms with Crippen molar-refractivity contribution in [3.8, 4) is 0 Å². The Balaban J connectivity index is 1.39. The summed E-state index contributed by atoms with van der Waals surface area (Å²) in [6, 6.07) is 8.95. The van der Waals surface area contributed by atoms with Gasteiger partial charge in [0.1, 0.15) is 0 Å². The van der Waals surface area contributed by atoms with Crippen LogP contribution in [0, 0.1) is 0 Å². The molecule has 0 atom stereocenters. The van der Waals surface area contributed by atoms with Gasteiger partial charge in [-0.2, -0.15) is 0 Å². The summed E-state index contributed by atoms with van der Waals surface area (Å²) in [5.41, 5.74) is 1.26. The maximum absolute atomic E-state index is 12.2. The molecule has 0 radical (unpaired) electrons. The number of carbonyl (C=O) groups excluding carboxylic acids is 1. The van der Waals surface area contributed by atoms with Gasteiger partial charge in [0, 0.05) is 31.9 Å². The Morgan fingerprint density at radius 3 is 2.55 bits per heavy atom. The van der Waals surface area contributed by atoms with Gasteiger partial charge in [-0.3, -0.25) is 9.69 Å². The predicted octanol–water partition coefficient (Wildman–Crippen LogP) is 3.96. The second kappa shape index (κ2) is 10.3. The number of hydrogen-bond donors (Lipinski definition) is 2. The molecule has 0 spiro atoms. The van der Waals surface area contributed by atoms with E-state index in [-0.39, 0.29) is 23.3 Å². The number of rotatable bonds is 7. The molecule has 0 saturated carbocycles. The van der Waals surface area contributed by atoms with Gasteiger partial charge in [0.2, 0.25) is 5.91 Å². The number of aromatic nitrogens is 1. The van der Waals surface area contributed by atoms with Gasteiger partial charge in [-0.15, -0.1) is 0 Å². The van der Waals surface area contributed by atoms with Crippen molar-refractivity contribution in [2.24, 2.45) is 0 Å². The number of pyridine rings is 1. The van der Waals surface area contributed by atoms with Gasteiger partial charge < -0.3 is 10.4 Å². The number of likely N-dealkylation sites (tertiary alicyclic amines) is 1. The molecule has 0 unspecified atom stereocenters. The number of amides is 1. The van der Waals surface area contributed by atoms with Gasteiger partial charge in [-0.25, -0.2) is 9.78 Å². The Morgan fingerprint density at radius 2 is 1.93 bits per heavy atom. The van der Waals surface area contributed by atoms with Crippen molar-refractivity contribution in [1.29, 1.82) is 0 Å². The van der Waals surface area contributed by atoms with E-state index in [0.717, 1.165) is 38.0 Å². The summed E-state index contributed by atoms with van der Waals surface area (Å²) >= 11 is 13.3. The van der Waals surface area contributed by atoms with Crippen molar-refractivity contribution in [2.45, 2.75) is 30.5 Å². The number of nitrogens with one attached hydrogen (secondary N) is 1. The van der Waals surface area contributed by atoms with E-state index in [1.54, 1.807) is 6.07 Å². The maximum Gasteiger partial charge on any atom is 0.337 e. The molecule has 1 amide bonds. The molecule has 1 aliphatic rings. The molecule has 1 fully saturated rings. The Morgan fingerprint density at radius 1 is 1.17 bits per heavy atom. The van der Waals surface area contributed by atoms with Crippen molar-refractivity contribution in [3.63, 3.8) is 0 Å². The molecule has 0 aliphatic carbocycles. The summed E-state index contributed by atoms with van der Waals surface area (Å²) in [7, 11) is 0. The number of hydrogen-bond acceptors (Lipinski definition) is 5. The van der Waals surface area contributed by atoms with Crippen molar-refractivity contribution in [2.75, 3.05) is 18.8 Å². The fraction of sp³-hybridized carbons (Fsp3) is 0.350. The molecule has 2 aromatic rings. The number of nitrogens with zero attached hydrogens (tertiary/aromatic N) is 2. The molecule has 0 bridgehead atoms. The fourth-order valence-corrected chi connectivity index (χ4v) is 4.11. The van der Waals surface area contributed by atoms with Crippen LogP contribution < -0.4 is 5.32 Å². The number of benzene rings is 1. The third-order valence-electron chi connectivity index (χ3n) is 4.68. The van der Waals surface area contributed by atoms with E-state index >= 15 is 0 Å². The highest BCUT2D eigenvalue weighted by Gasteiger charge is 2.21. The zero-order valence-corrected chi connectivity index (χ0v) is 17.9. The lowest BCUT2D eigenvalue weighted by Gasteiger charge is -2.32. The van der Waals surface area contributed by atoms with Crippen LogP contribution in [-0.2, 0) is 11.3 Å². The Bertz CT molecular complexity index is 872. The monoisotopic (exact) mass is 453 g/mol. The first-order chi connectivity index (χ1) is 13.9. The van der Waals surface area contributed by atoms with Gasteiger partial charge in [0.15, 0.2) is 0 Å². The standard InChI is InChI=1S/C20H21Cl2N3O3S/c21-16-3-1-13(9-17(16)22)11-25-7-5-15(6-8-25)24-18(26)12-29-19-4-2-14(10-23-19)20(27)28/h1-4,9-10,15H,5-8,11-12H2,(H,24,26)(H,27,28). The van der Waals surface area contributed by atoms with Gasteiger partial charge in [0.05, 0.1) is 26.4 Å². The number of piperidine rings is 1. The summed E-state index contributed by atoms with van der Waals surface area (Å²) in [6.45, 7) is 2.61. The van der Waals surface area contributed by atoms with Crippen molar-refractivity contribution in [3.05, 3.63) is 57.7 Å². The second-order valence-electron chi connectivity index (χ2n) is 6.85. The Labute approximate surface area is 183 Å². The number of thioether (sulfide) groups is 1. The van der Waals surface area contributed by atoms with Crippen LogP contribution in [0.15, 0.2) is 41.6 Å². The number of carboxylic acids is 1. The van der Waals surface area contributed by atoms with Crippen LogP contribution in [0.25, 0.3) is 0 Å². The second-order valence-corrected chi connectivity index (χ2v) is 8.66. The van der Waals surface area contributed by atoms with E-state index in [9.17, 15) is 9.59 Å². The quantitative estimate of drug-likeness (QED) is 0.617. The van der Waals surface area contributed by atoms with Gasteiger partial charge >= 0.3 is 5.97 Å². The minimum atomic E-state index is -1.02. The van der Waals surface area contributed by atoms with Gasteiger partial charge in [-0.1, -0.05) is 41.0 Å². The van der Waals surface area contributed by atoms with E-state index in [1.165, 1.54) is 24.0 Å². The van der Waals surface area contributed by atoms with Crippen LogP contribution in [0.2, 0.25) is 10.0 Å². The number of carbonyl (C=O) groups is 2. The predicted molar refractivity (Wildman–Crippen MR) is 115 cm³/mol. The average molecular weight is 454 g/mol. The highest BCUT2D eigenvalue weighted by Crippen LogP contribution is 2.24. The van der Waals surface area contributed by atoms with Crippen LogP contribution in [0.3, 0.4) is 0 Å². The minimum Gasteiger partial charge on any atom is -0.478 e. The zero-order valence-electron chi connectivity index (χ0n) is 15.6. The topological polar surface area (TPSA) is 82.5 Å². The lowest BCUT2D eigenvalue weighted by atomic mass is 10.0. The first-order valence-electron chi connectivity index (χ1n) is 9.18. The van der Waals surface area contributed by atoms with Gasteiger partial charge in [0.25, 0.3) is 0 Å². The summed E-state index contributed by atoms with van der Waals surface area (Å²) < 4.78 is 0. The molecule has 3 rings (SSSR count). The first-order valence-corrected chi connectivity index (χ1v) is 10.9. The molecule has 1 aromatic carbocycles. The molecule has 2 heterocycles. The Kier molecular flexibility index (Phi) is 7.77. The van der Waals surface area contributed by atoms with Crippen LogP contribution >= 0.6 is 35.0 Å². The van der Waals surface area contributed by atoms with E-state index < -0.39 is 5.97 Å². The van der Waals surface area contributed by atoms with E-state index in [2.05, 4.69) is 15.2 Å². The van der Waals surface area contributed by atoms with Crippen LogP contribution in [-0.4, -0.2) is 51.8 Å². The maximum atomic E-state index is 12.2. The minimum absolute atomic E-state index is 0.0398. The van der Waals surface area contributed by atoms with Crippen LogP contribution in [0.5, 0.6) is 0 Å². The fourth-order valence-electron chi connectivity index (χ4n) is 3.13. The van der Waals surface area contributed by atoms with E-state index in [4.69, 9.17) is 28.3 Å². The van der Waals surface area contributed by atoms with Crippen LogP contribution in [0.4, 0.5) is 0 Å².